The van der Waals surface area contributed by atoms with Crippen molar-refractivity contribution in [3.63, 3.8) is 0 Å². The van der Waals surface area contributed by atoms with Gasteiger partial charge in [-0.1, -0.05) is 29.8 Å². The number of nitrogens with zero attached hydrogens (tertiary/aromatic N) is 1. The van der Waals surface area contributed by atoms with E-state index in [1.165, 1.54) is 0 Å². The van der Waals surface area contributed by atoms with Gasteiger partial charge in [-0.05, 0) is 13.0 Å². The van der Waals surface area contributed by atoms with Gasteiger partial charge in [-0.15, -0.1) is 11.3 Å². The van der Waals surface area contributed by atoms with Gasteiger partial charge in [0.1, 0.15) is 9.88 Å². The number of thiazole rings is 1. The van der Waals surface area contributed by atoms with Crippen LogP contribution in [0.3, 0.4) is 0 Å². The molecule has 0 spiro atoms. The van der Waals surface area contributed by atoms with Crippen LogP contribution in [0.25, 0.3) is 10.6 Å². The maximum Gasteiger partial charge on any atom is 0.276 e. The minimum absolute atomic E-state index is 0.255. The fourth-order valence-corrected chi connectivity index (χ4v) is 3.36. The fraction of sp³-hybridized carbons (Fsp3) is 0.167. The molecule has 0 radical (unpaired) electrons. The van der Waals surface area contributed by atoms with E-state index in [-0.39, 0.29) is 4.88 Å². The number of amides is 1. The first-order valence-electron chi connectivity index (χ1n) is 5.52. The Morgan fingerprint density at radius 2 is 2.00 bits per heavy atom. The van der Waals surface area contributed by atoms with Crippen LogP contribution in [-0.2, 0) is 10.0 Å². The summed E-state index contributed by atoms with van der Waals surface area (Å²) in [7, 11) is -3.60. The standard InChI is InChI=1S/C12H11ClN2O3S2/c1-7-10(11(16)15-20(2,17)18)19-12(14-7)8-5-3-4-6-9(8)13/h3-6H,1-2H3,(H,15,16). The zero-order valence-electron chi connectivity index (χ0n) is 10.7. The van der Waals surface area contributed by atoms with Crippen molar-refractivity contribution < 1.29 is 13.2 Å². The van der Waals surface area contributed by atoms with Gasteiger partial charge in [-0.2, -0.15) is 0 Å². The molecular weight excluding hydrogens is 320 g/mol. The summed E-state index contributed by atoms with van der Waals surface area (Å²) in [5.74, 6) is -0.680. The molecule has 0 aliphatic carbocycles. The lowest BCUT2D eigenvalue weighted by Gasteiger charge is -2.00. The van der Waals surface area contributed by atoms with E-state index < -0.39 is 15.9 Å². The molecule has 0 saturated carbocycles. The molecule has 0 atom stereocenters. The highest BCUT2D eigenvalue weighted by atomic mass is 35.5. The van der Waals surface area contributed by atoms with Crippen LogP contribution >= 0.6 is 22.9 Å². The molecule has 0 unspecified atom stereocenters. The van der Waals surface area contributed by atoms with E-state index in [9.17, 15) is 13.2 Å². The molecular formula is C12H11ClN2O3S2. The summed E-state index contributed by atoms with van der Waals surface area (Å²) in [5.41, 5.74) is 1.17. The number of hydrogen-bond acceptors (Lipinski definition) is 5. The number of halogens is 1. The lowest BCUT2D eigenvalue weighted by Crippen LogP contribution is -2.29. The monoisotopic (exact) mass is 330 g/mol. The van der Waals surface area contributed by atoms with Gasteiger partial charge >= 0.3 is 0 Å². The van der Waals surface area contributed by atoms with E-state index in [2.05, 4.69) is 4.98 Å². The average molecular weight is 331 g/mol. The van der Waals surface area contributed by atoms with Crippen LogP contribution in [-0.4, -0.2) is 25.6 Å². The number of aromatic nitrogens is 1. The van der Waals surface area contributed by atoms with Crippen LogP contribution in [0.5, 0.6) is 0 Å². The highest BCUT2D eigenvalue weighted by Gasteiger charge is 2.19. The first-order valence-corrected chi connectivity index (χ1v) is 8.61. The largest absolute Gasteiger partial charge is 0.276 e. The first-order chi connectivity index (χ1) is 9.28. The molecule has 2 rings (SSSR count). The number of carbonyl (C=O) groups excluding carboxylic acids is 1. The van der Waals surface area contributed by atoms with Crippen LogP contribution in [0.4, 0.5) is 0 Å². The van der Waals surface area contributed by atoms with E-state index in [0.29, 0.717) is 21.3 Å². The molecule has 5 nitrogen and oxygen atoms in total. The van der Waals surface area contributed by atoms with Crippen LogP contribution in [0.1, 0.15) is 15.4 Å². The number of aryl methyl sites for hydroxylation is 1. The minimum Gasteiger partial charge on any atom is -0.267 e. The Morgan fingerprint density at radius 3 is 2.60 bits per heavy atom. The Hall–Kier alpha value is -1.44. The Balaban J connectivity index is 2.40. The topological polar surface area (TPSA) is 76.1 Å². The van der Waals surface area contributed by atoms with Crippen molar-refractivity contribution in [2.75, 3.05) is 6.26 Å². The number of benzene rings is 1. The Morgan fingerprint density at radius 1 is 1.35 bits per heavy atom. The normalized spacial score (nSPS) is 11.3. The molecule has 0 bridgehead atoms. The lowest BCUT2D eigenvalue weighted by atomic mass is 10.2. The van der Waals surface area contributed by atoms with Crippen molar-refractivity contribution >= 4 is 38.9 Å². The average Bonchev–Trinajstić information content (AvgIpc) is 2.69. The van der Waals surface area contributed by atoms with Gasteiger partial charge in [0.25, 0.3) is 5.91 Å². The summed E-state index contributed by atoms with van der Waals surface area (Å²) in [6, 6.07) is 7.13. The van der Waals surface area contributed by atoms with E-state index in [4.69, 9.17) is 11.6 Å². The van der Waals surface area contributed by atoms with Crippen molar-refractivity contribution in [2.45, 2.75) is 6.92 Å². The van der Waals surface area contributed by atoms with Crippen molar-refractivity contribution in [1.29, 1.82) is 0 Å². The predicted molar refractivity (Wildman–Crippen MR) is 79.6 cm³/mol. The summed E-state index contributed by atoms with van der Waals surface area (Å²) >= 11 is 7.18. The third kappa shape index (κ3) is 3.36. The first kappa shape index (κ1) is 15.0. The van der Waals surface area contributed by atoms with Crippen LogP contribution < -0.4 is 4.72 Å². The van der Waals surface area contributed by atoms with Gasteiger partial charge in [-0.25, -0.2) is 18.1 Å². The second kappa shape index (κ2) is 5.51. The Labute approximate surface area is 125 Å². The fourth-order valence-electron chi connectivity index (χ4n) is 1.57. The summed E-state index contributed by atoms with van der Waals surface area (Å²) in [5, 5.41) is 1.10. The van der Waals surface area contributed by atoms with E-state index >= 15 is 0 Å². The van der Waals surface area contributed by atoms with Crippen LogP contribution in [0, 0.1) is 6.92 Å². The quantitative estimate of drug-likeness (QED) is 0.938. The molecule has 20 heavy (non-hydrogen) atoms. The van der Waals surface area contributed by atoms with Gasteiger partial charge in [0.2, 0.25) is 10.0 Å². The van der Waals surface area contributed by atoms with Crippen molar-refractivity contribution in [3.05, 3.63) is 39.9 Å². The number of rotatable bonds is 3. The van der Waals surface area contributed by atoms with Crippen LogP contribution in [0.2, 0.25) is 5.02 Å². The second-order valence-electron chi connectivity index (χ2n) is 4.12. The molecule has 1 aromatic heterocycles. The smallest absolute Gasteiger partial charge is 0.267 e. The highest BCUT2D eigenvalue weighted by molar-refractivity contribution is 7.89. The number of hydrogen-bond donors (Lipinski definition) is 1. The van der Waals surface area contributed by atoms with Crippen molar-refractivity contribution in [3.8, 4) is 10.6 Å². The van der Waals surface area contributed by atoms with Gasteiger partial charge in [0, 0.05) is 5.56 Å². The molecule has 0 saturated heterocycles. The molecule has 1 N–H and O–H groups in total. The van der Waals surface area contributed by atoms with Gasteiger partial charge in [0.15, 0.2) is 0 Å². The molecule has 106 valence electrons. The zero-order chi connectivity index (χ0) is 14.9. The molecule has 0 aliphatic rings. The summed E-state index contributed by atoms with van der Waals surface area (Å²) in [4.78, 5) is 16.4. The lowest BCUT2D eigenvalue weighted by molar-refractivity contribution is 0.0985. The van der Waals surface area contributed by atoms with E-state index in [0.717, 1.165) is 17.6 Å². The Kier molecular flexibility index (Phi) is 4.12. The van der Waals surface area contributed by atoms with Gasteiger partial charge in [-0.3, -0.25) is 4.79 Å². The molecule has 1 aromatic carbocycles. The van der Waals surface area contributed by atoms with E-state index in [1.54, 1.807) is 25.1 Å². The predicted octanol–water partition coefficient (Wildman–Crippen LogP) is 2.46. The number of carbonyl (C=O) groups is 1. The molecule has 8 heteroatoms. The van der Waals surface area contributed by atoms with E-state index in [1.807, 2.05) is 10.8 Å². The van der Waals surface area contributed by atoms with Gasteiger partial charge < -0.3 is 0 Å². The highest BCUT2D eigenvalue weighted by Crippen LogP contribution is 2.32. The number of nitrogens with one attached hydrogen (secondary N) is 1. The van der Waals surface area contributed by atoms with Crippen LogP contribution in [0.15, 0.2) is 24.3 Å². The maximum absolute atomic E-state index is 11.9. The maximum atomic E-state index is 11.9. The second-order valence-corrected chi connectivity index (χ2v) is 7.27. The molecule has 0 aliphatic heterocycles. The SMILES string of the molecule is Cc1nc(-c2ccccc2Cl)sc1C(=O)NS(C)(=O)=O. The van der Waals surface area contributed by atoms with Crippen molar-refractivity contribution in [2.24, 2.45) is 0 Å². The minimum atomic E-state index is -3.60. The summed E-state index contributed by atoms with van der Waals surface area (Å²) in [6.45, 7) is 1.65. The third-order valence-corrected chi connectivity index (χ3v) is 4.46. The van der Waals surface area contributed by atoms with Crippen molar-refractivity contribution in [1.82, 2.24) is 9.71 Å². The molecule has 1 heterocycles. The summed E-state index contributed by atoms with van der Waals surface area (Å²) < 4.78 is 24.1. The molecule has 2 aromatic rings. The molecule has 0 fully saturated rings. The van der Waals surface area contributed by atoms with Gasteiger partial charge in [0.05, 0.1) is 17.0 Å². The summed E-state index contributed by atoms with van der Waals surface area (Å²) in [6.07, 6.45) is 0.927. The molecule has 1 amide bonds. The third-order valence-electron chi connectivity index (χ3n) is 2.39. The zero-order valence-corrected chi connectivity index (χ0v) is 13.1. The Bertz CT molecular complexity index is 769. The number of sulfonamides is 1.